The molecule has 1 heterocycles. The minimum atomic E-state index is -0.773. The lowest BCUT2D eigenvalue weighted by Gasteiger charge is -2.11. The van der Waals surface area contributed by atoms with Crippen molar-refractivity contribution in [3.63, 3.8) is 0 Å². The SMILES string of the molecule is Cc1cc(C(O)c2cc(C)c(F)c(C)c2)co1. The summed E-state index contributed by atoms with van der Waals surface area (Å²) >= 11 is 0. The van der Waals surface area contributed by atoms with Crippen molar-refractivity contribution in [3.05, 3.63) is 58.3 Å². The second-order valence-corrected chi connectivity index (χ2v) is 4.36. The fourth-order valence-corrected chi connectivity index (χ4v) is 1.94. The van der Waals surface area contributed by atoms with Crippen molar-refractivity contribution in [2.45, 2.75) is 26.9 Å². The van der Waals surface area contributed by atoms with E-state index in [1.165, 1.54) is 6.26 Å². The standard InChI is InChI=1S/C14H15FO2/c1-8-4-11(5-9(2)13(8)15)14(16)12-6-10(3)17-7-12/h4-7,14,16H,1-3H3. The number of aliphatic hydroxyl groups excluding tert-OH is 1. The normalized spacial score (nSPS) is 12.8. The number of hydrogen-bond acceptors (Lipinski definition) is 2. The summed E-state index contributed by atoms with van der Waals surface area (Å²) in [4.78, 5) is 0. The molecule has 0 saturated carbocycles. The molecular formula is C14H15FO2. The van der Waals surface area contributed by atoms with Gasteiger partial charge < -0.3 is 9.52 Å². The molecule has 90 valence electrons. The number of furan rings is 1. The van der Waals surface area contributed by atoms with Crippen LogP contribution in [0, 0.1) is 26.6 Å². The zero-order valence-electron chi connectivity index (χ0n) is 10.1. The first-order chi connectivity index (χ1) is 7.99. The Bertz CT molecular complexity index is 520. The van der Waals surface area contributed by atoms with Crippen molar-refractivity contribution in [3.8, 4) is 0 Å². The van der Waals surface area contributed by atoms with Crippen molar-refractivity contribution >= 4 is 0 Å². The average molecular weight is 234 g/mol. The van der Waals surface area contributed by atoms with Gasteiger partial charge in [-0.1, -0.05) is 12.1 Å². The lowest BCUT2D eigenvalue weighted by Crippen LogP contribution is -2.01. The van der Waals surface area contributed by atoms with Gasteiger partial charge >= 0.3 is 0 Å². The van der Waals surface area contributed by atoms with Crippen molar-refractivity contribution in [1.29, 1.82) is 0 Å². The van der Waals surface area contributed by atoms with Crippen molar-refractivity contribution < 1.29 is 13.9 Å². The molecule has 3 heteroatoms. The van der Waals surface area contributed by atoms with Gasteiger partial charge in [0.2, 0.25) is 0 Å². The van der Waals surface area contributed by atoms with Gasteiger partial charge in [0.05, 0.1) is 6.26 Å². The highest BCUT2D eigenvalue weighted by molar-refractivity contribution is 5.36. The van der Waals surface area contributed by atoms with Gasteiger partial charge in [0, 0.05) is 5.56 Å². The van der Waals surface area contributed by atoms with Crippen molar-refractivity contribution in [1.82, 2.24) is 0 Å². The summed E-state index contributed by atoms with van der Waals surface area (Å²) in [6.45, 7) is 5.20. The molecule has 2 aromatic rings. The highest BCUT2D eigenvalue weighted by Gasteiger charge is 2.15. The average Bonchev–Trinajstić information content (AvgIpc) is 2.71. The Morgan fingerprint density at radius 3 is 2.12 bits per heavy atom. The van der Waals surface area contributed by atoms with E-state index in [0.717, 1.165) is 5.76 Å². The summed E-state index contributed by atoms with van der Waals surface area (Å²) in [7, 11) is 0. The number of hydrogen-bond donors (Lipinski definition) is 1. The fraction of sp³-hybridized carbons (Fsp3) is 0.286. The fourth-order valence-electron chi connectivity index (χ4n) is 1.94. The number of rotatable bonds is 2. The second kappa shape index (κ2) is 4.34. The molecule has 2 rings (SSSR count). The number of aryl methyl sites for hydroxylation is 3. The predicted molar refractivity (Wildman–Crippen MR) is 63.4 cm³/mol. The minimum absolute atomic E-state index is 0.218. The minimum Gasteiger partial charge on any atom is -0.469 e. The molecule has 1 N–H and O–H groups in total. The molecule has 1 aromatic carbocycles. The molecule has 2 nitrogen and oxygen atoms in total. The number of benzene rings is 1. The molecule has 0 aliphatic heterocycles. The molecule has 0 bridgehead atoms. The van der Waals surface area contributed by atoms with E-state index in [1.54, 1.807) is 32.0 Å². The lowest BCUT2D eigenvalue weighted by atomic mass is 9.99. The predicted octanol–water partition coefficient (Wildman–Crippen LogP) is 3.43. The highest BCUT2D eigenvalue weighted by atomic mass is 19.1. The Kier molecular flexibility index (Phi) is 3.03. The van der Waals surface area contributed by atoms with Crippen molar-refractivity contribution in [2.24, 2.45) is 0 Å². The summed E-state index contributed by atoms with van der Waals surface area (Å²) in [6.07, 6.45) is 0.749. The Morgan fingerprint density at radius 1 is 1.06 bits per heavy atom. The van der Waals surface area contributed by atoms with Crippen LogP contribution < -0.4 is 0 Å². The van der Waals surface area contributed by atoms with E-state index in [9.17, 15) is 9.50 Å². The van der Waals surface area contributed by atoms with E-state index < -0.39 is 6.10 Å². The molecule has 0 aliphatic rings. The quantitative estimate of drug-likeness (QED) is 0.863. The molecule has 1 atom stereocenters. The third-order valence-corrected chi connectivity index (χ3v) is 2.84. The van der Waals surface area contributed by atoms with Crippen LogP contribution in [0.1, 0.15) is 34.1 Å². The number of halogens is 1. The van der Waals surface area contributed by atoms with E-state index in [0.29, 0.717) is 22.3 Å². The van der Waals surface area contributed by atoms with Crippen LogP contribution in [0.2, 0.25) is 0 Å². The van der Waals surface area contributed by atoms with Crippen LogP contribution in [0.15, 0.2) is 28.9 Å². The summed E-state index contributed by atoms with van der Waals surface area (Å²) in [6, 6.07) is 5.10. The summed E-state index contributed by atoms with van der Waals surface area (Å²) in [5, 5.41) is 10.2. The third kappa shape index (κ3) is 2.24. The molecule has 0 radical (unpaired) electrons. The Balaban J connectivity index is 2.41. The van der Waals surface area contributed by atoms with E-state index in [-0.39, 0.29) is 5.82 Å². The Hall–Kier alpha value is -1.61. The van der Waals surface area contributed by atoms with E-state index in [4.69, 9.17) is 4.42 Å². The summed E-state index contributed by atoms with van der Waals surface area (Å²) in [5.41, 5.74) is 2.45. The molecular weight excluding hydrogens is 219 g/mol. The summed E-state index contributed by atoms with van der Waals surface area (Å²) < 4.78 is 18.6. The molecule has 0 amide bonds. The summed E-state index contributed by atoms with van der Waals surface area (Å²) in [5.74, 6) is 0.527. The first kappa shape index (κ1) is 11.9. The topological polar surface area (TPSA) is 33.4 Å². The maximum Gasteiger partial charge on any atom is 0.129 e. The van der Waals surface area contributed by atoms with Gasteiger partial charge in [-0.2, -0.15) is 0 Å². The van der Waals surface area contributed by atoms with Gasteiger partial charge in [0.1, 0.15) is 17.7 Å². The van der Waals surface area contributed by atoms with Gasteiger partial charge in [-0.15, -0.1) is 0 Å². The molecule has 0 aliphatic carbocycles. The maximum absolute atomic E-state index is 13.5. The van der Waals surface area contributed by atoms with Crippen LogP contribution in [-0.2, 0) is 0 Å². The molecule has 0 fully saturated rings. The van der Waals surface area contributed by atoms with Crippen LogP contribution in [-0.4, -0.2) is 5.11 Å². The smallest absolute Gasteiger partial charge is 0.129 e. The number of aliphatic hydroxyl groups is 1. The molecule has 0 spiro atoms. The Morgan fingerprint density at radius 2 is 1.65 bits per heavy atom. The van der Waals surface area contributed by atoms with Gasteiger partial charge in [-0.25, -0.2) is 4.39 Å². The second-order valence-electron chi connectivity index (χ2n) is 4.36. The van der Waals surface area contributed by atoms with E-state index in [1.807, 2.05) is 6.92 Å². The van der Waals surface area contributed by atoms with Crippen LogP contribution >= 0.6 is 0 Å². The zero-order valence-corrected chi connectivity index (χ0v) is 10.1. The first-order valence-electron chi connectivity index (χ1n) is 5.49. The largest absolute Gasteiger partial charge is 0.469 e. The molecule has 17 heavy (non-hydrogen) atoms. The van der Waals surface area contributed by atoms with Gasteiger partial charge in [0.25, 0.3) is 0 Å². The van der Waals surface area contributed by atoms with Crippen LogP contribution in [0.4, 0.5) is 4.39 Å². The zero-order chi connectivity index (χ0) is 12.6. The third-order valence-electron chi connectivity index (χ3n) is 2.84. The molecule has 1 unspecified atom stereocenters. The Labute approximate surface area is 99.7 Å². The van der Waals surface area contributed by atoms with Crippen molar-refractivity contribution in [2.75, 3.05) is 0 Å². The molecule has 1 aromatic heterocycles. The maximum atomic E-state index is 13.5. The monoisotopic (exact) mass is 234 g/mol. The van der Waals surface area contributed by atoms with E-state index in [2.05, 4.69) is 0 Å². The highest BCUT2D eigenvalue weighted by Crippen LogP contribution is 2.26. The van der Waals surface area contributed by atoms with Gasteiger partial charge in [0.15, 0.2) is 0 Å². The van der Waals surface area contributed by atoms with Gasteiger partial charge in [-0.3, -0.25) is 0 Å². The van der Waals surface area contributed by atoms with Crippen LogP contribution in [0.25, 0.3) is 0 Å². The van der Waals surface area contributed by atoms with Crippen LogP contribution in [0.3, 0.4) is 0 Å². The van der Waals surface area contributed by atoms with Crippen LogP contribution in [0.5, 0.6) is 0 Å². The van der Waals surface area contributed by atoms with E-state index >= 15 is 0 Å². The van der Waals surface area contributed by atoms with Gasteiger partial charge in [-0.05, 0) is 43.5 Å². The molecule has 0 saturated heterocycles. The first-order valence-corrected chi connectivity index (χ1v) is 5.49. The lowest BCUT2D eigenvalue weighted by molar-refractivity contribution is 0.219.